The first-order valence-electron chi connectivity index (χ1n) is 9.87. The van der Waals surface area contributed by atoms with Crippen LogP contribution in [-0.4, -0.2) is 31.9 Å². The van der Waals surface area contributed by atoms with Crippen molar-refractivity contribution < 1.29 is 13.5 Å². The summed E-state index contributed by atoms with van der Waals surface area (Å²) in [5, 5.41) is 16.4. The fourth-order valence-corrected chi connectivity index (χ4v) is 5.11. The van der Waals surface area contributed by atoms with Gasteiger partial charge >= 0.3 is 0 Å². The highest BCUT2D eigenvalue weighted by molar-refractivity contribution is 7.89. The molecule has 0 atom stereocenters. The molecule has 10 heteroatoms. The molecule has 0 aliphatic heterocycles. The lowest BCUT2D eigenvalue weighted by Crippen LogP contribution is -2.39. The third-order valence-electron chi connectivity index (χ3n) is 5.68. The van der Waals surface area contributed by atoms with Crippen molar-refractivity contribution in [2.45, 2.75) is 30.2 Å². The molecule has 3 N–H and O–H groups in total. The number of aryl methyl sites for hydroxylation is 1. The number of benzene rings is 2. The van der Waals surface area contributed by atoms with Gasteiger partial charge < -0.3 is 15.7 Å². The molecular formula is C22H22ClN3O5S. The molecule has 0 heterocycles. The van der Waals surface area contributed by atoms with E-state index in [4.69, 9.17) is 11.6 Å². The Kier molecular flexibility index (Phi) is 5.31. The molecule has 1 aliphatic rings. The molecule has 168 valence electrons. The topological polar surface area (TPSA) is 116 Å². The maximum absolute atomic E-state index is 12.6. The minimum absolute atomic E-state index is 0.0280. The van der Waals surface area contributed by atoms with Crippen molar-refractivity contribution in [3.05, 3.63) is 73.0 Å². The van der Waals surface area contributed by atoms with Crippen LogP contribution in [-0.2, 0) is 15.6 Å². The van der Waals surface area contributed by atoms with E-state index >= 15 is 0 Å². The number of nitrogens with one attached hydrogen (secondary N) is 2. The van der Waals surface area contributed by atoms with Crippen LogP contribution in [0.2, 0.25) is 5.02 Å². The summed E-state index contributed by atoms with van der Waals surface area (Å²) in [6.45, 7) is 1.98. The Bertz CT molecular complexity index is 1400. The predicted molar refractivity (Wildman–Crippen MR) is 124 cm³/mol. The molecule has 1 aliphatic carbocycles. The number of hydrogen-bond acceptors (Lipinski definition) is 7. The van der Waals surface area contributed by atoms with E-state index in [1.807, 2.05) is 31.2 Å². The maximum Gasteiger partial charge on any atom is 0.253 e. The second-order valence-electron chi connectivity index (χ2n) is 8.17. The number of sulfonamides is 1. The van der Waals surface area contributed by atoms with Crippen LogP contribution in [0.4, 0.5) is 17.1 Å². The second-order valence-corrected chi connectivity index (χ2v) is 10.7. The number of nitrogens with zero attached hydrogens (tertiary/aromatic N) is 1. The number of anilines is 3. The van der Waals surface area contributed by atoms with Crippen molar-refractivity contribution in [1.29, 1.82) is 0 Å². The van der Waals surface area contributed by atoms with Crippen molar-refractivity contribution in [1.82, 2.24) is 4.31 Å². The number of hydrogen-bond donors (Lipinski definition) is 3. The zero-order chi connectivity index (χ0) is 23.4. The van der Waals surface area contributed by atoms with Crippen LogP contribution in [0.1, 0.15) is 24.0 Å². The van der Waals surface area contributed by atoms with Gasteiger partial charge in [0.25, 0.3) is 10.9 Å². The van der Waals surface area contributed by atoms with Crippen LogP contribution in [0.5, 0.6) is 5.75 Å². The van der Waals surface area contributed by atoms with Gasteiger partial charge in [0, 0.05) is 14.1 Å². The monoisotopic (exact) mass is 475 g/mol. The summed E-state index contributed by atoms with van der Waals surface area (Å²) in [7, 11) is -1.43. The van der Waals surface area contributed by atoms with Gasteiger partial charge in [-0.15, -0.1) is 0 Å². The van der Waals surface area contributed by atoms with Gasteiger partial charge in [0.1, 0.15) is 16.3 Å². The van der Waals surface area contributed by atoms with E-state index in [9.17, 15) is 23.1 Å². The van der Waals surface area contributed by atoms with Crippen LogP contribution < -0.4 is 21.5 Å². The van der Waals surface area contributed by atoms with Crippen LogP contribution in [0, 0.1) is 6.92 Å². The van der Waals surface area contributed by atoms with Gasteiger partial charge in [-0.05, 0) is 37.5 Å². The molecule has 4 rings (SSSR count). The summed E-state index contributed by atoms with van der Waals surface area (Å²) in [5.41, 5.74) is 0.279. The Morgan fingerprint density at radius 3 is 2.31 bits per heavy atom. The van der Waals surface area contributed by atoms with E-state index in [1.165, 1.54) is 26.2 Å². The quantitative estimate of drug-likeness (QED) is 0.355. The van der Waals surface area contributed by atoms with E-state index in [0.717, 1.165) is 28.3 Å². The molecule has 0 amide bonds. The van der Waals surface area contributed by atoms with Crippen LogP contribution >= 0.6 is 11.6 Å². The minimum atomic E-state index is -4.05. The number of phenolic OH excluding ortho intramolecular Hbond substituents is 1. The molecule has 1 fully saturated rings. The first-order valence-corrected chi connectivity index (χ1v) is 11.7. The molecule has 1 saturated carbocycles. The van der Waals surface area contributed by atoms with Crippen molar-refractivity contribution in [3.63, 3.8) is 0 Å². The lowest BCUT2D eigenvalue weighted by molar-refractivity contribution is 0.455. The molecular weight excluding hydrogens is 454 g/mol. The summed E-state index contributed by atoms with van der Waals surface area (Å²) in [4.78, 5) is 24.1. The van der Waals surface area contributed by atoms with E-state index in [-0.39, 0.29) is 22.1 Å². The van der Waals surface area contributed by atoms with Gasteiger partial charge in [-0.25, -0.2) is 12.7 Å². The van der Waals surface area contributed by atoms with Crippen molar-refractivity contribution in [2.24, 2.45) is 0 Å². The Morgan fingerprint density at radius 2 is 1.72 bits per heavy atom. The molecule has 3 aromatic rings. The Hall–Kier alpha value is -2.88. The summed E-state index contributed by atoms with van der Waals surface area (Å²) < 4.78 is 26.0. The summed E-state index contributed by atoms with van der Waals surface area (Å²) in [5.74, 6) is -0.634. The van der Waals surface area contributed by atoms with Crippen LogP contribution in [0.15, 0.2) is 50.9 Å². The lowest BCUT2D eigenvalue weighted by atomic mass is 10.0. The molecule has 0 spiro atoms. The number of halogens is 1. The number of aromatic hydroxyl groups is 1. The summed E-state index contributed by atoms with van der Waals surface area (Å²) in [6, 6.07) is 10.6. The average molecular weight is 476 g/mol. The van der Waals surface area contributed by atoms with Crippen LogP contribution in [0.25, 0.3) is 0 Å². The Balaban J connectivity index is 1.70. The number of phenols is 1. The van der Waals surface area contributed by atoms with E-state index in [1.54, 1.807) is 0 Å². The third kappa shape index (κ3) is 3.56. The molecule has 0 unspecified atom stereocenters. The Labute approximate surface area is 190 Å². The normalized spacial score (nSPS) is 15.2. The molecule has 8 nitrogen and oxygen atoms in total. The summed E-state index contributed by atoms with van der Waals surface area (Å²) >= 11 is 6.03. The SMILES string of the molecule is Cc1cccc(C2(Nc3c(Nc4ccc(Cl)c(S(=O)(=O)N(C)C)c4O)c(=O)c3=O)CC2)c1. The van der Waals surface area contributed by atoms with Gasteiger partial charge in [0.05, 0.1) is 16.2 Å². The highest BCUT2D eigenvalue weighted by Crippen LogP contribution is 2.49. The molecule has 0 aromatic heterocycles. The summed E-state index contributed by atoms with van der Waals surface area (Å²) in [6.07, 6.45) is 1.60. The zero-order valence-electron chi connectivity index (χ0n) is 17.7. The standard InChI is InChI=1S/C22H22ClN3O5S/c1-12-5-4-6-13(11-12)22(9-10-22)25-17-16(19(28)20(17)29)24-15-8-7-14(23)21(18(15)27)32(30,31)26(2)3/h4-8,11,24-25,27H,9-10H2,1-3H3. The molecule has 32 heavy (non-hydrogen) atoms. The van der Waals surface area contributed by atoms with E-state index in [0.29, 0.717) is 0 Å². The van der Waals surface area contributed by atoms with Gasteiger partial charge in [-0.1, -0.05) is 41.4 Å². The molecule has 0 bridgehead atoms. The second kappa shape index (κ2) is 7.61. The molecule has 0 radical (unpaired) electrons. The fraction of sp³-hybridized carbons (Fsp3) is 0.273. The van der Waals surface area contributed by atoms with Gasteiger partial charge in [0.15, 0.2) is 5.75 Å². The molecule has 3 aromatic carbocycles. The maximum atomic E-state index is 12.6. The van der Waals surface area contributed by atoms with Crippen molar-refractivity contribution in [3.8, 4) is 5.75 Å². The third-order valence-corrected chi connectivity index (χ3v) is 7.99. The average Bonchev–Trinajstić information content (AvgIpc) is 3.52. The Morgan fingerprint density at radius 1 is 1.06 bits per heavy atom. The van der Waals surface area contributed by atoms with Crippen molar-refractivity contribution in [2.75, 3.05) is 24.7 Å². The zero-order valence-corrected chi connectivity index (χ0v) is 19.3. The first kappa shape index (κ1) is 22.3. The predicted octanol–water partition coefficient (Wildman–Crippen LogP) is 3.05. The van der Waals surface area contributed by atoms with Crippen LogP contribution in [0.3, 0.4) is 0 Å². The van der Waals surface area contributed by atoms with E-state index in [2.05, 4.69) is 10.6 Å². The van der Waals surface area contributed by atoms with Crippen molar-refractivity contribution >= 4 is 38.7 Å². The fourth-order valence-electron chi connectivity index (χ4n) is 3.63. The largest absolute Gasteiger partial charge is 0.504 e. The minimum Gasteiger partial charge on any atom is -0.504 e. The lowest BCUT2D eigenvalue weighted by Gasteiger charge is -2.23. The van der Waals surface area contributed by atoms with Gasteiger partial charge in [0.2, 0.25) is 10.0 Å². The van der Waals surface area contributed by atoms with Gasteiger partial charge in [-0.2, -0.15) is 0 Å². The smallest absolute Gasteiger partial charge is 0.253 e. The highest BCUT2D eigenvalue weighted by Gasteiger charge is 2.46. The molecule has 0 saturated heterocycles. The number of rotatable bonds is 7. The van der Waals surface area contributed by atoms with Gasteiger partial charge in [-0.3, -0.25) is 9.59 Å². The first-order chi connectivity index (χ1) is 15.0. The van der Waals surface area contributed by atoms with E-state index < -0.39 is 37.1 Å². The highest BCUT2D eigenvalue weighted by atomic mass is 35.5.